The van der Waals surface area contributed by atoms with Crippen LogP contribution < -0.4 is 11.1 Å². The number of halogens is 1. The summed E-state index contributed by atoms with van der Waals surface area (Å²) in [5.74, 6) is -0.381. The molecule has 0 saturated carbocycles. The van der Waals surface area contributed by atoms with E-state index in [0.29, 0.717) is 6.42 Å². The Morgan fingerprint density at radius 1 is 1.24 bits per heavy atom. The minimum absolute atomic E-state index is 0.381. The van der Waals surface area contributed by atoms with Crippen LogP contribution in [0.3, 0.4) is 0 Å². The van der Waals surface area contributed by atoms with Crippen molar-refractivity contribution in [1.82, 2.24) is 0 Å². The van der Waals surface area contributed by atoms with Crippen LogP contribution in [0.4, 0.5) is 5.69 Å². The zero-order valence-corrected chi connectivity index (χ0v) is 13.8. The Labute approximate surface area is 133 Å². The molecule has 2 rings (SSSR count). The normalized spacial score (nSPS) is 13.5. The summed E-state index contributed by atoms with van der Waals surface area (Å²) in [5, 5.41) is 3.33. The van der Waals surface area contributed by atoms with Gasteiger partial charge in [0.2, 0.25) is 5.91 Å². The molecule has 3 nitrogen and oxygen atoms in total. The van der Waals surface area contributed by atoms with Gasteiger partial charge in [-0.05, 0) is 48.7 Å². The Bertz CT molecular complexity index is 639. The Morgan fingerprint density at radius 2 is 1.90 bits per heavy atom. The number of primary amides is 1. The van der Waals surface area contributed by atoms with Gasteiger partial charge in [0, 0.05) is 10.2 Å². The first-order chi connectivity index (χ1) is 9.98. The quantitative estimate of drug-likeness (QED) is 0.860. The van der Waals surface area contributed by atoms with Crippen molar-refractivity contribution in [2.75, 3.05) is 5.32 Å². The molecule has 0 aliphatic heterocycles. The highest BCUT2D eigenvalue weighted by Gasteiger charge is 2.36. The van der Waals surface area contributed by atoms with Gasteiger partial charge in [-0.1, -0.05) is 47.1 Å². The molecule has 0 aliphatic rings. The maximum atomic E-state index is 12.2. The van der Waals surface area contributed by atoms with Gasteiger partial charge in [-0.15, -0.1) is 0 Å². The Balaban J connectivity index is 2.46. The fourth-order valence-electron chi connectivity index (χ4n) is 2.45. The monoisotopic (exact) mass is 346 g/mol. The molecule has 0 aromatic heterocycles. The number of benzene rings is 2. The average molecular weight is 347 g/mol. The molecule has 2 aromatic rings. The van der Waals surface area contributed by atoms with Crippen LogP contribution in [-0.4, -0.2) is 5.91 Å². The van der Waals surface area contributed by atoms with E-state index in [0.717, 1.165) is 21.3 Å². The van der Waals surface area contributed by atoms with E-state index in [1.54, 1.807) is 0 Å². The molecule has 0 aliphatic carbocycles. The van der Waals surface area contributed by atoms with Crippen molar-refractivity contribution in [3.05, 3.63) is 64.1 Å². The smallest absolute Gasteiger partial charge is 0.247 e. The van der Waals surface area contributed by atoms with E-state index in [1.807, 2.05) is 62.4 Å². The zero-order chi connectivity index (χ0) is 15.5. The van der Waals surface area contributed by atoms with Gasteiger partial charge in [0.1, 0.15) is 5.54 Å². The summed E-state index contributed by atoms with van der Waals surface area (Å²) in [6.07, 6.45) is 0.567. The van der Waals surface area contributed by atoms with Gasteiger partial charge in [0.25, 0.3) is 0 Å². The van der Waals surface area contributed by atoms with Crippen molar-refractivity contribution >= 4 is 27.5 Å². The molecule has 2 aromatic carbocycles. The molecule has 0 fully saturated rings. The second kappa shape index (κ2) is 6.31. The maximum absolute atomic E-state index is 12.2. The standard InChI is InChI=1S/C17H19BrN2O/c1-3-17(16(19)21,13-7-9-14(18)10-8-13)20-15-6-4-5-12(2)11-15/h4-11,20H,3H2,1-2H3,(H2,19,21). The molecule has 0 radical (unpaired) electrons. The summed E-state index contributed by atoms with van der Waals surface area (Å²) in [6, 6.07) is 15.6. The molecular weight excluding hydrogens is 328 g/mol. The van der Waals surface area contributed by atoms with Gasteiger partial charge in [0.15, 0.2) is 0 Å². The largest absolute Gasteiger partial charge is 0.368 e. The van der Waals surface area contributed by atoms with Gasteiger partial charge in [-0.2, -0.15) is 0 Å². The first-order valence-corrected chi connectivity index (χ1v) is 7.68. The number of amides is 1. The number of carbonyl (C=O) groups is 1. The molecular formula is C17H19BrN2O. The van der Waals surface area contributed by atoms with Crippen LogP contribution in [-0.2, 0) is 10.3 Å². The molecule has 1 unspecified atom stereocenters. The molecule has 1 atom stereocenters. The van der Waals surface area contributed by atoms with Gasteiger partial charge in [-0.3, -0.25) is 4.79 Å². The predicted octanol–water partition coefficient (Wildman–Crippen LogP) is 3.96. The number of carbonyl (C=O) groups excluding carboxylic acids is 1. The zero-order valence-electron chi connectivity index (χ0n) is 12.2. The van der Waals surface area contributed by atoms with Crippen molar-refractivity contribution in [2.45, 2.75) is 25.8 Å². The third-order valence-electron chi connectivity index (χ3n) is 3.66. The van der Waals surface area contributed by atoms with Crippen molar-refractivity contribution in [3.8, 4) is 0 Å². The summed E-state index contributed by atoms with van der Waals surface area (Å²) < 4.78 is 0.969. The first kappa shape index (κ1) is 15.6. The summed E-state index contributed by atoms with van der Waals surface area (Å²) in [4.78, 5) is 12.2. The number of nitrogens with two attached hydrogens (primary N) is 1. The average Bonchev–Trinajstić information content (AvgIpc) is 2.45. The number of aryl methyl sites for hydroxylation is 1. The predicted molar refractivity (Wildman–Crippen MR) is 90.1 cm³/mol. The minimum atomic E-state index is -0.908. The number of anilines is 1. The second-order valence-corrected chi connectivity index (χ2v) is 6.04. The highest BCUT2D eigenvalue weighted by molar-refractivity contribution is 9.10. The third kappa shape index (κ3) is 3.27. The lowest BCUT2D eigenvalue weighted by Gasteiger charge is -2.32. The van der Waals surface area contributed by atoms with Gasteiger partial charge >= 0.3 is 0 Å². The number of nitrogens with one attached hydrogen (secondary N) is 1. The van der Waals surface area contributed by atoms with Gasteiger partial charge in [0.05, 0.1) is 0 Å². The molecule has 4 heteroatoms. The Hall–Kier alpha value is -1.81. The van der Waals surface area contributed by atoms with E-state index < -0.39 is 5.54 Å². The Kier molecular flexibility index (Phi) is 4.68. The van der Waals surface area contributed by atoms with E-state index in [4.69, 9.17) is 5.73 Å². The summed E-state index contributed by atoms with van der Waals surface area (Å²) in [6.45, 7) is 3.97. The summed E-state index contributed by atoms with van der Waals surface area (Å²) in [5.41, 5.74) is 7.70. The van der Waals surface area contributed by atoms with Crippen molar-refractivity contribution < 1.29 is 4.79 Å². The van der Waals surface area contributed by atoms with E-state index in [9.17, 15) is 4.79 Å². The van der Waals surface area contributed by atoms with Gasteiger partial charge in [-0.25, -0.2) is 0 Å². The lowest BCUT2D eigenvalue weighted by Crippen LogP contribution is -2.47. The molecule has 0 bridgehead atoms. The molecule has 0 heterocycles. The molecule has 1 amide bonds. The van der Waals surface area contributed by atoms with Crippen molar-refractivity contribution in [3.63, 3.8) is 0 Å². The van der Waals surface area contributed by atoms with E-state index in [2.05, 4.69) is 21.2 Å². The number of hydrogen-bond acceptors (Lipinski definition) is 2. The van der Waals surface area contributed by atoms with Crippen molar-refractivity contribution in [1.29, 1.82) is 0 Å². The summed E-state index contributed by atoms with van der Waals surface area (Å²) >= 11 is 3.41. The van der Waals surface area contributed by atoms with Crippen LogP contribution in [0.25, 0.3) is 0 Å². The Morgan fingerprint density at radius 3 is 2.43 bits per heavy atom. The highest BCUT2D eigenvalue weighted by atomic mass is 79.9. The fraction of sp³-hybridized carbons (Fsp3) is 0.235. The topological polar surface area (TPSA) is 55.1 Å². The number of hydrogen-bond donors (Lipinski definition) is 2. The van der Waals surface area contributed by atoms with Crippen LogP contribution in [0, 0.1) is 6.92 Å². The number of rotatable bonds is 5. The molecule has 110 valence electrons. The lowest BCUT2D eigenvalue weighted by atomic mass is 9.86. The van der Waals surface area contributed by atoms with Crippen LogP contribution in [0.2, 0.25) is 0 Å². The van der Waals surface area contributed by atoms with Crippen LogP contribution in [0.15, 0.2) is 53.0 Å². The lowest BCUT2D eigenvalue weighted by molar-refractivity contribution is -0.122. The molecule has 0 spiro atoms. The second-order valence-electron chi connectivity index (χ2n) is 5.12. The van der Waals surface area contributed by atoms with Crippen LogP contribution in [0.1, 0.15) is 24.5 Å². The minimum Gasteiger partial charge on any atom is -0.368 e. The first-order valence-electron chi connectivity index (χ1n) is 6.89. The highest BCUT2D eigenvalue weighted by Crippen LogP contribution is 2.31. The van der Waals surface area contributed by atoms with Crippen LogP contribution in [0.5, 0.6) is 0 Å². The van der Waals surface area contributed by atoms with E-state index in [-0.39, 0.29) is 5.91 Å². The fourth-order valence-corrected chi connectivity index (χ4v) is 2.71. The van der Waals surface area contributed by atoms with Gasteiger partial charge < -0.3 is 11.1 Å². The molecule has 0 saturated heterocycles. The van der Waals surface area contributed by atoms with E-state index in [1.165, 1.54) is 0 Å². The SMILES string of the molecule is CCC(Nc1cccc(C)c1)(C(N)=O)c1ccc(Br)cc1. The van der Waals surface area contributed by atoms with Crippen molar-refractivity contribution in [2.24, 2.45) is 5.73 Å². The summed E-state index contributed by atoms with van der Waals surface area (Å²) in [7, 11) is 0. The van der Waals surface area contributed by atoms with Crippen LogP contribution >= 0.6 is 15.9 Å². The maximum Gasteiger partial charge on any atom is 0.247 e. The molecule has 21 heavy (non-hydrogen) atoms. The molecule has 3 N–H and O–H groups in total. The third-order valence-corrected chi connectivity index (χ3v) is 4.19. The van der Waals surface area contributed by atoms with E-state index >= 15 is 0 Å².